The molecule has 0 atom stereocenters. The smallest absolute Gasteiger partial charge is 0.361 e. The molecular formula is C13H11NO8S. The highest BCUT2D eigenvalue weighted by atomic mass is 32.2. The molecule has 0 amide bonds. The zero-order valence-electron chi connectivity index (χ0n) is 11.9. The van der Waals surface area contributed by atoms with Gasteiger partial charge in [0.2, 0.25) is 23.0 Å². The lowest BCUT2D eigenvalue weighted by Crippen LogP contribution is -2.18. The summed E-state index contributed by atoms with van der Waals surface area (Å²) < 4.78 is 14.1. The number of aliphatic carboxylic acids is 1. The number of ketones is 2. The Labute approximate surface area is 133 Å². The maximum absolute atomic E-state index is 12.4. The number of carboxylic acids is 1. The van der Waals surface area contributed by atoms with Crippen LogP contribution in [-0.2, 0) is 14.3 Å². The number of allylic oxidation sites excluding steroid dienone is 2. The van der Waals surface area contributed by atoms with Crippen LogP contribution < -0.4 is 0 Å². The molecule has 0 saturated heterocycles. The van der Waals surface area contributed by atoms with Gasteiger partial charge in [-0.3, -0.25) is 9.59 Å². The molecule has 2 rings (SSSR count). The number of methoxy groups -OCH3 is 1. The number of rotatable bonds is 7. The molecule has 9 nitrogen and oxygen atoms in total. The normalized spacial score (nSPS) is 13.5. The summed E-state index contributed by atoms with van der Waals surface area (Å²) in [6.07, 6.45) is 1.08. The van der Waals surface area contributed by atoms with E-state index >= 15 is 0 Å². The molecule has 1 aromatic heterocycles. The summed E-state index contributed by atoms with van der Waals surface area (Å²) in [6.45, 7) is -0.370. The average Bonchev–Trinajstić information content (AvgIpc) is 2.96. The molecule has 0 unspecified atom stereocenters. The molecule has 1 aliphatic carbocycles. The molecule has 0 aliphatic heterocycles. The zero-order valence-corrected chi connectivity index (χ0v) is 12.7. The molecule has 10 heteroatoms. The first-order valence-electron chi connectivity index (χ1n) is 6.26. The van der Waals surface area contributed by atoms with Crippen LogP contribution in [0.5, 0.6) is 0 Å². The van der Waals surface area contributed by atoms with Crippen molar-refractivity contribution in [2.24, 2.45) is 0 Å². The summed E-state index contributed by atoms with van der Waals surface area (Å²) in [4.78, 5) is 46.2. The van der Waals surface area contributed by atoms with Gasteiger partial charge in [0.05, 0.1) is 18.6 Å². The highest BCUT2D eigenvalue weighted by Gasteiger charge is 2.36. The van der Waals surface area contributed by atoms with Crippen molar-refractivity contribution in [3.63, 3.8) is 0 Å². The molecule has 1 aliphatic rings. The van der Waals surface area contributed by atoms with Crippen molar-refractivity contribution >= 4 is 35.3 Å². The van der Waals surface area contributed by atoms with Crippen LogP contribution in [0.1, 0.15) is 31.4 Å². The number of hydrogen-bond donors (Lipinski definition) is 1. The minimum atomic E-state index is -1.10. The first-order chi connectivity index (χ1) is 11.0. The molecule has 1 N–H and O–H groups in total. The second-order valence-corrected chi connectivity index (χ2v) is 5.36. The Morgan fingerprint density at radius 3 is 2.78 bits per heavy atom. The van der Waals surface area contributed by atoms with Gasteiger partial charge in [-0.2, -0.15) is 0 Å². The fraction of sp³-hybridized carbons (Fsp3) is 0.308. The highest BCUT2D eigenvalue weighted by Crippen LogP contribution is 2.30. The minimum absolute atomic E-state index is 0.0795. The molecule has 0 saturated carbocycles. The quantitative estimate of drug-likeness (QED) is 0.554. The van der Waals surface area contributed by atoms with Crippen LogP contribution >= 0.6 is 11.8 Å². The standard InChI is InChI=1S/C13H11NO8S/c1-20-13(19)10-9-11(18)7(4-6(15)12(9)22-14-10)23-3-2-21-5-8(16)17/h4H,2-3,5H2,1H3,(H,16,17). The number of Topliss-reactive ketones (excluding diaryl/α,β-unsaturated/α-hetero) is 1. The first-order valence-corrected chi connectivity index (χ1v) is 7.25. The molecule has 23 heavy (non-hydrogen) atoms. The second kappa shape index (κ2) is 7.20. The van der Waals surface area contributed by atoms with Crippen molar-refractivity contribution in [1.29, 1.82) is 0 Å². The Kier molecular flexibility index (Phi) is 5.29. The molecule has 0 aromatic carbocycles. The van der Waals surface area contributed by atoms with Crippen molar-refractivity contribution in [2.75, 3.05) is 26.1 Å². The van der Waals surface area contributed by atoms with Gasteiger partial charge in [0.25, 0.3) is 0 Å². The fourth-order valence-corrected chi connectivity index (χ4v) is 2.60. The summed E-state index contributed by atoms with van der Waals surface area (Å²) in [7, 11) is 1.11. The van der Waals surface area contributed by atoms with Crippen molar-refractivity contribution < 1.29 is 38.3 Å². The number of carbonyl (C=O) groups excluding carboxylic acids is 3. The van der Waals surface area contributed by atoms with Gasteiger partial charge in [-0.1, -0.05) is 5.16 Å². The third-order valence-corrected chi connectivity index (χ3v) is 3.70. The maximum Gasteiger partial charge on any atom is 0.361 e. The Hall–Kier alpha value is -2.46. The van der Waals surface area contributed by atoms with Gasteiger partial charge in [-0.05, 0) is 0 Å². The second-order valence-electron chi connectivity index (χ2n) is 4.22. The Morgan fingerprint density at radius 1 is 1.39 bits per heavy atom. The van der Waals surface area contributed by atoms with Gasteiger partial charge < -0.3 is 19.1 Å². The van der Waals surface area contributed by atoms with Crippen LogP contribution in [0.25, 0.3) is 0 Å². The lowest BCUT2D eigenvalue weighted by molar-refractivity contribution is -0.141. The number of carboxylic acid groups (broad SMARTS) is 1. The third-order valence-electron chi connectivity index (χ3n) is 2.72. The van der Waals surface area contributed by atoms with E-state index in [4.69, 9.17) is 14.4 Å². The molecule has 0 spiro atoms. The molecule has 0 fully saturated rings. The molecular weight excluding hydrogens is 330 g/mol. The summed E-state index contributed by atoms with van der Waals surface area (Å²) >= 11 is 1.01. The van der Waals surface area contributed by atoms with Gasteiger partial charge in [0.15, 0.2) is 0 Å². The van der Waals surface area contributed by atoms with E-state index in [9.17, 15) is 19.2 Å². The van der Waals surface area contributed by atoms with Crippen molar-refractivity contribution in [3.05, 3.63) is 28.0 Å². The van der Waals surface area contributed by atoms with Gasteiger partial charge in [-0.15, -0.1) is 11.8 Å². The summed E-state index contributed by atoms with van der Waals surface area (Å²) in [6, 6.07) is 0. The number of aromatic nitrogens is 1. The predicted molar refractivity (Wildman–Crippen MR) is 75.5 cm³/mol. The lowest BCUT2D eigenvalue weighted by Gasteiger charge is -2.10. The number of nitrogens with zero attached hydrogens (tertiary/aromatic N) is 1. The molecule has 122 valence electrons. The maximum atomic E-state index is 12.4. The number of carbonyl (C=O) groups is 4. The molecule has 0 radical (unpaired) electrons. The number of hydrogen-bond acceptors (Lipinski definition) is 9. The number of esters is 1. The number of ether oxygens (including phenoxy) is 2. The Bertz CT molecular complexity index is 705. The van der Waals surface area contributed by atoms with Gasteiger partial charge in [0.1, 0.15) is 12.2 Å². The lowest BCUT2D eigenvalue weighted by atomic mass is 10.00. The summed E-state index contributed by atoms with van der Waals surface area (Å²) in [5.41, 5.74) is -0.576. The predicted octanol–water partition coefficient (Wildman–Crippen LogP) is 0.559. The molecule has 0 bridgehead atoms. The third kappa shape index (κ3) is 3.66. The van der Waals surface area contributed by atoms with Crippen LogP contribution in [0, 0.1) is 0 Å². The van der Waals surface area contributed by atoms with E-state index in [0.717, 1.165) is 24.9 Å². The van der Waals surface area contributed by atoms with Gasteiger partial charge in [-0.25, -0.2) is 9.59 Å². The number of fused-ring (bicyclic) bond motifs is 1. The average molecular weight is 341 g/mol. The van der Waals surface area contributed by atoms with Crippen molar-refractivity contribution in [3.8, 4) is 0 Å². The Morgan fingerprint density at radius 2 is 2.13 bits per heavy atom. The Balaban J connectivity index is 2.09. The van der Waals surface area contributed by atoms with E-state index in [1.54, 1.807) is 0 Å². The first kappa shape index (κ1) is 16.9. The van der Waals surface area contributed by atoms with Gasteiger partial charge in [0, 0.05) is 11.8 Å². The topological polar surface area (TPSA) is 133 Å². The van der Waals surface area contributed by atoms with Crippen LogP contribution in [-0.4, -0.2) is 59.8 Å². The van der Waals surface area contributed by atoms with Crippen molar-refractivity contribution in [2.45, 2.75) is 0 Å². The minimum Gasteiger partial charge on any atom is -0.480 e. The summed E-state index contributed by atoms with van der Waals surface area (Å²) in [5.74, 6) is -3.20. The van der Waals surface area contributed by atoms with Gasteiger partial charge >= 0.3 is 11.9 Å². The highest BCUT2D eigenvalue weighted by molar-refractivity contribution is 8.04. The summed E-state index contributed by atoms with van der Waals surface area (Å²) in [5, 5.41) is 11.8. The SMILES string of the molecule is COC(=O)c1noc2c1C(=O)C(SCCOCC(=O)O)=CC2=O. The largest absolute Gasteiger partial charge is 0.480 e. The van der Waals surface area contributed by atoms with E-state index in [0.29, 0.717) is 0 Å². The zero-order chi connectivity index (χ0) is 17.0. The van der Waals surface area contributed by atoms with Crippen LogP contribution in [0.15, 0.2) is 15.5 Å². The van der Waals surface area contributed by atoms with E-state index in [2.05, 4.69) is 9.89 Å². The van der Waals surface area contributed by atoms with Crippen LogP contribution in [0.3, 0.4) is 0 Å². The van der Waals surface area contributed by atoms with Crippen LogP contribution in [0.2, 0.25) is 0 Å². The van der Waals surface area contributed by atoms with E-state index in [1.165, 1.54) is 0 Å². The monoisotopic (exact) mass is 341 g/mol. The van der Waals surface area contributed by atoms with E-state index < -0.39 is 30.1 Å². The number of thioether (sulfide) groups is 1. The van der Waals surface area contributed by atoms with Crippen molar-refractivity contribution in [1.82, 2.24) is 5.16 Å². The van der Waals surface area contributed by atoms with E-state index in [-0.39, 0.29) is 34.3 Å². The van der Waals surface area contributed by atoms with Crippen LogP contribution in [0.4, 0.5) is 0 Å². The molecule has 1 aromatic rings. The fourth-order valence-electron chi connectivity index (χ4n) is 1.76. The van der Waals surface area contributed by atoms with E-state index in [1.807, 2.05) is 0 Å². The molecule has 1 heterocycles.